The smallest absolute Gasteiger partial charge is 0.384 e. The lowest BCUT2D eigenvalue weighted by atomic mass is 9.64. The number of rotatable bonds is 1. The Bertz CT molecular complexity index is 1320. The number of amides is 1. The van der Waals surface area contributed by atoms with Crippen LogP contribution in [0.2, 0.25) is 0 Å². The second-order valence-corrected chi connectivity index (χ2v) is 8.10. The van der Waals surface area contributed by atoms with Crippen LogP contribution in [-0.2, 0) is 21.2 Å². The third-order valence-corrected chi connectivity index (χ3v) is 6.39. The average Bonchev–Trinajstić information content (AvgIpc) is 3.06. The molecule has 1 amide bonds. The van der Waals surface area contributed by atoms with Crippen molar-refractivity contribution in [2.24, 2.45) is 5.73 Å². The lowest BCUT2D eigenvalue weighted by Crippen LogP contribution is -2.50. The number of carbonyl (C=O) groups excluding carboxylic acids is 2. The van der Waals surface area contributed by atoms with Gasteiger partial charge in [-0.3, -0.25) is 14.5 Å². The molecule has 1 spiro atoms. The van der Waals surface area contributed by atoms with E-state index >= 15 is 0 Å². The van der Waals surface area contributed by atoms with Crippen LogP contribution in [0.1, 0.15) is 30.4 Å². The van der Waals surface area contributed by atoms with E-state index in [9.17, 15) is 28.0 Å². The van der Waals surface area contributed by atoms with Crippen molar-refractivity contribution in [2.45, 2.75) is 30.9 Å². The first-order valence-corrected chi connectivity index (χ1v) is 10.3. The van der Waals surface area contributed by atoms with Gasteiger partial charge < -0.3 is 11.1 Å². The van der Waals surface area contributed by atoms with Gasteiger partial charge in [-0.2, -0.15) is 18.4 Å². The van der Waals surface area contributed by atoms with E-state index in [-0.39, 0.29) is 34.9 Å². The number of halogens is 3. The monoisotopic (exact) mass is 450 g/mol. The van der Waals surface area contributed by atoms with Gasteiger partial charge in [0, 0.05) is 34.6 Å². The Morgan fingerprint density at radius 2 is 1.76 bits per heavy atom. The van der Waals surface area contributed by atoms with Gasteiger partial charge in [0.05, 0.1) is 11.1 Å². The van der Waals surface area contributed by atoms with Crippen LogP contribution in [0.3, 0.4) is 0 Å². The average molecular weight is 450 g/mol. The van der Waals surface area contributed by atoms with Crippen molar-refractivity contribution in [1.29, 1.82) is 5.26 Å². The van der Waals surface area contributed by atoms with E-state index < -0.39 is 23.1 Å². The maximum atomic E-state index is 13.4. The number of allylic oxidation sites excluding steroid dienone is 1. The fraction of sp³-hybridized carbons (Fsp3) is 0.208. The van der Waals surface area contributed by atoms with Gasteiger partial charge in [0.2, 0.25) is 5.91 Å². The normalized spacial score (nSPS) is 22.3. The molecule has 2 aliphatic heterocycles. The number of ketones is 1. The van der Waals surface area contributed by atoms with Crippen LogP contribution < -0.4 is 16.0 Å². The molecule has 2 heterocycles. The molecule has 1 aliphatic carbocycles. The minimum atomic E-state index is -4.51. The minimum Gasteiger partial charge on any atom is -0.384 e. The zero-order valence-corrected chi connectivity index (χ0v) is 17.2. The molecule has 0 radical (unpaired) electrons. The predicted octanol–water partition coefficient (Wildman–Crippen LogP) is 4.12. The van der Waals surface area contributed by atoms with Gasteiger partial charge in [0.15, 0.2) is 5.78 Å². The topological polar surface area (TPSA) is 99.2 Å². The van der Waals surface area contributed by atoms with Crippen LogP contribution in [0.4, 0.5) is 24.5 Å². The van der Waals surface area contributed by atoms with Gasteiger partial charge in [-0.1, -0.05) is 18.2 Å². The highest BCUT2D eigenvalue weighted by atomic mass is 19.4. The molecule has 33 heavy (non-hydrogen) atoms. The van der Waals surface area contributed by atoms with Crippen LogP contribution in [0, 0.1) is 11.3 Å². The molecule has 2 aromatic rings. The summed E-state index contributed by atoms with van der Waals surface area (Å²) < 4.78 is 39.2. The summed E-state index contributed by atoms with van der Waals surface area (Å²) in [5.41, 5.74) is 5.60. The van der Waals surface area contributed by atoms with E-state index in [2.05, 4.69) is 5.32 Å². The van der Waals surface area contributed by atoms with E-state index in [1.165, 1.54) is 17.0 Å². The Morgan fingerprint density at radius 3 is 2.42 bits per heavy atom. The van der Waals surface area contributed by atoms with Crippen molar-refractivity contribution >= 4 is 23.1 Å². The lowest BCUT2D eigenvalue weighted by molar-refractivity contribution is -0.137. The number of alkyl halides is 3. The largest absolute Gasteiger partial charge is 0.416 e. The summed E-state index contributed by atoms with van der Waals surface area (Å²) in [4.78, 5) is 28.2. The third kappa shape index (κ3) is 2.73. The molecule has 3 aliphatic rings. The Labute approximate surface area is 186 Å². The number of nitriles is 1. The van der Waals surface area contributed by atoms with Crippen LogP contribution >= 0.6 is 0 Å². The van der Waals surface area contributed by atoms with Crippen LogP contribution in [0.15, 0.2) is 71.2 Å². The van der Waals surface area contributed by atoms with Gasteiger partial charge in [-0.25, -0.2) is 0 Å². The molecule has 9 heteroatoms. The second-order valence-electron chi connectivity index (χ2n) is 8.10. The highest BCUT2D eigenvalue weighted by molar-refractivity contribution is 6.19. The summed E-state index contributed by atoms with van der Waals surface area (Å²) in [6, 6.07) is 13.2. The number of nitrogens with two attached hydrogens (primary N) is 1. The molecule has 1 atom stereocenters. The van der Waals surface area contributed by atoms with E-state index in [0.717, 1.165) is 12.1 Å². The number of nitrogens with one attached hydrogen (secondary N) is 1. The summed E-state index contributed by atoms with van der Waals surface area (Å²) in [5, 5.41) is 12.9. The number of benzene rings is 2. The highest BCUT2D eigenvalue weighted by Crippen LogP contribution is 2.55. The van der Waals surface area contributed by atoms with Crippen molar-refractivity contribution in [3.05, 3.63) is 82.3 Å². The van der Waals surface area contributed by atoms with Gasteiger partial charge in [0.25, 0.3) is 0 Å². The van der Waals surface area contributed by atoms with E-state index in [1.807, 2.05) is 6.07 Å². The summed E-state index contributed by atoms with van der Waals surface area (Å²) in [7, 11) is 0. The molecule has 0 saturated carbocycles. The quantitative estimate of drug-likeness (QED) is 0.681. The fourth-order valence-electron chi connectivity index (χ4n) is 5.04. The molecular weight excluding hydrogens is 433 g/mol. The summed E-state index contributed by atoms with van der Waals surface area (Å²) in [5.74, 6) is -0.921. The number of nitrogens with zero attached hydrogens (tertiary/aromatic N) is 2. The molecular formula is C24H17F3N4O2. The molecule has 5 rings (SSSR count). The molecule has 3 N–H and O–H groups in total. The van der Waals surface area contributed by atoms with E-state index in [0.29, 0.717) is 29.8 Å². The summed E-state index contributed by atoms with van der Waals surface area (Å²) in [6.07, 6.45) is -3.46. The molecule has 0 fully saturated rings. The van der Waals surface area contributed by atoms with Crippen molar-refractivity contribution in [3.63, 3.8) is 0 Å². The number of hydrogen-bond donors (Lipinski definition) is 2. The number of carbonyl (C=O) groups is 2. The van der Waals surface area contributed by atoms with Gasteiger partial charge in [-0.05, 0) is 43.2 Å². The third-order valence-electron chi connectivity index (χ3n) is 6.39. The van der Waals surface area contributed by atoms with Crippen molar-refractivity contribution in [3.8, 4) is 6.07 Å². The van der Waals surface area contributed by atoms with Crippen LogP contribution in [0.5, 0.6) is 0 Å². The summed E-state index contributed by atoms with van der Waals surface area (Å²) >= 11 is 0. The number of Topliss-reactive ketones (excluding diaryl/α,β-unsaturated/α-hetero) is 1. The standard InChI is InChI=1S/C24H17F3N4O2/c25-24(26,27)13-8-10-14(11-9-13)31-18-6-3-7-19(32)20(18)23(16(12-28)21(31)29)15-4-1-2-5-17(15)30-22(23)33/h1-2,4-5,8-11H,3,6-7,29H2,(H,30,33). The predicted molar refractivity (Wildman–Crippen MR) is 113 cm³/mol. The van der Waals surface area contributed by atoms with Gasteiger partial charge in [0.1, 0.15) is 17.3 Å². The zero-order valence-electron chi connectivity index (χ0n) is 17.2. The molecule has 6 nitrogen and oxygen atoms in total. The van der Waals surface area contributed by atoms with Gasteiger partial charge in [-0.15, -0.1) is 0 Å². The van der Waals surface area contributed by atoms with Crippen molar-refractivity contribution in [2.75, 3.05) is 10.2 Å². The Hall–Kier alpha value is -4.06. The van der Waals surface area contributed by atoms with Crippen LogP contribution in [0.25, 0.3) is 0 Å². The number of anilines is 2. The Morgan fingerprint density at radius 1 is 1.06 bits per heavy atom. The SMILES string of the molecule is N#CC1=C(N)N(c2ccc(C(F)(F)F)cc2)C2=C(C(=O)CCC2)C12C(=O)Nc1ccccc12. The van der Waals surface area contributed by atoms with E-state index in [1.54, 1.807) is 24.3 Å². The van der Waals surface area contributed by atoms with E-state index in [4.69, 9.17) is 5.73 Å². The number of hydrogen-bond acceptors (Lipinski definition) is 5. The first-order valence-electron chi connectivity index (χ1n) is 10.3. The molecule has 1 unspecified atom stereocenters. The second kappa shape index (κ2) is 6.97. The zero-order chi connectivity index (χ0) is 23.5. The first-order chi connectivity index (χ1) is 15.7. The Balaban J connectivity index is 1.80. The number of para-hydroxylation sites is 1. The number of fused-ring (bicyclic) bond motifs is 3. The molecule has 0 saturated heterocycles. The fourth-order valence-corrected chi connectivity index (χ4v) is 5.04. The van der Waals surface area contributed by atoms with Crippen LogP contribution in [-0.4, -0.2) is 11.7 Å². The van der Waals surface area contributed by atoms with Gasteiger partial charge >= 0.3 is 6.18 Å². The highest BCUT2D eigenvalue weighted by Gasteiger charge is 2.60. The lowest BCUT2D eigenvalue weighted by Gasteiger charge is -2.43. The maximum Gasteiger partial charge on any atom is 0.416 e. The molecule has 0 aromatic heterocycles. The Kier molecular flexibility index (Phi) is 4.40. The van der Waals surface area contributed by atoms with Crippen molar-refractivity contribution in [1.82, 2.24) is 0 Å². The maximum absolute atomic E-state index is 13.4. The molecule has 166 valence electrons. The van der Waals surface area contributed by atoms with Crippen molar-refractivity contribution < 1.29 is 22.8 Å². The molecule has 2 aromatic carbocycles. The molecule has 0 bridgehead atoms. The summed E-state index contributed by atoms with van der Waals surface area (Å²) in [6.45, 7) is 0. The first kappa shape index (κ1) is 20.8. The minimum absolute atomic E-state index is 0.0856.